The van der Waals surface area contributed by atoms with Crippen LogP contribution >= 0.6 is 12.4 Å². The number of aromatic amines is 1. The molecule has 0 saturated heterocycles. The Balaban J connectivity index is 0.00000433. The molecule has 3 heterocycles. The zero-order valence-corrected chi connectivity index (χ0v) is 27.9. The zero-order chi connectivity index (χ0) is 32.8. The monoisotopic (exact) mass is 678 g/mol. The molecule has 2 aliphatic rings. The van der Waals surface area contributed by atoms with Crippen molar-refractivity contribution in [3.8, 4) is 0 Å². The second-order valence-electron chi connectivity index (χ2n) is 12.8. The number of rotatable bonds is 7. The molecule has 11 nitrogen and oxygen atoms in total. The van der Waals surface area contributed by atoms with Gasteiger partial charge in [0.2, 0.25) is 21.8 Å². The van der Waals surface area contributed by atoms with Crippen LogP contribution in [0.4, 0.5) is 0 Å². The van der Waals surface area contributed by atoms with Gasteiger partial charge in [-0.25, -0.2) is 13.6 Å². The zero-order valence-electron chi connectivity index (χ0n) is 26.3. The molecule has 13 heteroatoms. The van der Waals surface area contributed by atoms with Crippen molar-refractivity contribution in [2.24, 2.45) is 10.9 Å². The third-order valence-corrected chi connectivity index (χ3v) is 9.78. The molecule has 1 atom stereocenters. The topological polar surface area (TPSA) is 172 Å². The maximum atomic E-state index is 14.0. The minimum absolute atomic E-state index is 0. The Morgan fingerprint density at radius 3 is 2.34 bits per heavy atom. The fourth-order valence-corrected chi connectivity index (χ4v) is 6.79. The van der Waals surface area contributed by atoms with E-state index >= 15 is 0 Å². The van der Waals surface area contributed by atoms with Crippen molar-refractivity contribution in [1.82, 2.24) is 20.1 Å². The minimum Gasteiger partial charge on any atom is -0.361 e. The van der Waals surface area contributed by atoms with Gasteiger partial charge in [0.25, 0.3) is 5.91 Å². The first kappa shape index (κ1) is 34.1. The van der Waals surface area contributed by atoms with E-state index in [1.165, 1.54) is 6.07 Å². The normalized spacial score (nSPS) is 15.3. The minimum atomic E-state index is -3.85. The van der Waals surface area contributed by atoms with Gasteiger partial charge in [0.1, 0.15) is 6.04 Å². The fraction of sp³-hybridized carbons (Fsp3) is 0.324. The van der Waals surface area contributed by atoms with Gasteiger partial charge in [-0.3, -0.25) is 14.4 Å². The Bertz CT molecular complexity index is 1970. The van der Waals surface area contributed by atoms with E-state index in [9.17, 15) is 22.8 Å². The largest absolute Gasteiger partial charge is 0.361 e. The summed E-state index contributed by atoms with van der Waals surface area (Å²) in [5.74, 6) is -0.745. The molecule has 0 aliphatic carbocycles. The van der Waals surface area contributed by atoms with E-state index in [2.05, 4.69) is 10.3 Å². The Hall–Kier alpha value is -4.23. The van der Waals surface area contributed by atoms with E-state index in [4.69, 9.17) is 10.9 Å². The number of halogens is 1. The Morgan fingerprint density at radius 2 is 1.60 bits per heavy atom. The highest BCUT2D eigenvalue weighted by Gasteiger charge is 2.33. The van der Waals surface area contributed by atoms with Crippen LogP contribution in [0, 0.1) is 0 Å². The number of amides is 3. The maximum Gasteiger partial charge on any atom is 0.254 e. The summed E-state index contributed by atoms with van der Waals surface area (Å²) in [6.45, 7) is 4.81. The van der Waals surface area contributed by atoms with Gasteiger partial charge in [-0.1, -0.05) is 30.3 Å². The Kier molecular flexibility index (Phi) is 9.52. The van der Waals surface area contributed by atoms with Crippen molar-refractivity contribution in [1.29, 1.82) is 0 Å². The number of nitrogens with zero attached hydrogens (tertiary/aromatic N) is 2. The second kappa shape index (κ2) is 13.1. The number of primary sulfonamides is 1. The number of carbonyl (C=O) groups excluding carboxylic acids is 3. The van der Waals surface area contributed by atoms with E-state index < -0.39 is 27.5 Å². The molecule has 6 rings (SSSR count). The van der Waals surface area contributed by atoms with Crippen LogP contribution in [0.25, 0.3) is 10.9 Å². The third kappa shape index (κ3) is 7.20. The van der Waals surface area contributed by atoms with Crippen molar-refractivity contribution in [3.63, 3.8) is 0 Å². The first-order valence-corrected chi connectivity index (χ1v) is 16.8. The van der Waals surface area contributed by atoms with Gasteiger partial charge in [-0.05, 0) is 84.8 Å². The number of nitrogens with one attached hydrogen (secondary N) is 2. The van der Waals surface area contributed by atoms with Crippen molar-refractivity contribution >= 4 is 51.1 Å². The van der Waals surface area contributed by atoms with Crippen LogP contribution in [0.15, 0.2) is 71.8 Å². The second-order valence-corrected chi connectivity index (χ2v) is 14.3. The molecule has 248 valence electrons. The average Bonchev–Trinajstić information content (AvgIpc) is 3.44. The van der Waals surface area contributed by atoms with Gasteiger partial charge in [0.15, 0.2) is 0 Å². The summed E-state index contributed by atoms with van der Waals surface area (Å²) < 4.78 is 23.7. The molecule has 4 aromatic rings. The predicted molar refractivity (Wildman–Crippen MR) is 181 cm³/mol. The smallest absolute Gasteiger partial charge is 0.254 e. The molecule has 0 fully saturated rings. The van der Waals surface area contributed by atoms with Crippen molar-refractivity contribution < 1.29 is 22.8 Å². The van der Waals surface area contributed by atoms with Gasteiger partial charge in [-0.15, -0.1) is 12.4 Å². The van der Waals surface area contributed by atoms with Crippen LogP contribution in [0.3, 0.4) is 0 Å². The highest BCUT2D eigenvalue weighted by molar-refractivity contribution is 7.89. The van der Waals surface area contributed by atoms with E-state index in [1.807, 2.05) is 42.6 Å². The lowest BCUT2D eigenvalue weighted by molar-refractivity contribution is -0.138. The number of sulfonamides is 1. The first-order chi connectivity index (χ1) is 21.8. The van der Waals surface area contributed by atoms with Gasteiger partial charge in [0.05, 0.1) is 10.4 Å². The number of benzene rings is 3. The highest BCUT2D eigenvalue weighted by atomic mass is 35.5. The molecule has 0 bridgehead atoms. The maximum absolute atomic E-state index is 14.0. The lowest BCUT2D eigenvalue weighted by Crippen LogP contribution is -2.57. The molecule has 2 aliphatic heterocycles. The number of aromatic nitrogens is 1. The van der Waals surface area contributed by atoms with Gasteiger partial charge in [0, 0.05) is 55.3 Å². The number of nitrogens with two attached hydrogens (primary N) is 2. The lowest BCUT2D eigenvalue weighted by atomic mass is 9.94. The van der Waals surface area contributed by atoms with Crippen molar-refractivity contribution in [2.75, 3.05) is 13.1 Å². The van der Waals surface area contributed by atoms with Crippen LogP contribution in [0.2, 0.25) is 0 Å². The number of hydrogen-bond donors (Lipinski definition) is 4. The summed E-state index contributed by atoms with van der Waals surface area (Å²) in [5, 5.41) is 9.21. The molecule has 1 aromatic heterocycles. The lowest BCUT2D eigenvalue weighted by Gasteiger charge is -2.33. The number of hydrogen-bond acceptors (Lipinski definition) is 6. The molecule has 0 spiro atoms. The average molecular weight is 679 g/mol. The fourth-order valence-electron chi connectivity index (χ4n) is 6.23. The van der Waals surface area contributed by atoms with Gasteiger partial charge < -0.3 is 25.8 Å². The van der Waals surface area contributed by atoms with E-state index in [0.717, 1.165) is 38.7 Å². The Labute approximate surface area is 280 Å². The van der Waals surface area contributed by atoms with Crippen LogP contribution in [0.1, 0.15) is 52.0 Å². The van der Waals surface area contributed by atoms with Crippen LogP contribution in [-0.2, 0) is 52.0 Å². The molecule has 0 unspecified atom stereocenters. The number of H-pyrrole nitrogens is 1. The highest BCUT2D eigenvalue weighted by Crippen LogP contribution is 2.27. The van der Waals surface area contributed by atoms with Crippen LogP contribution in [0.5, 0.6) is 0 Å². The predicted octanol–water partition coefficient (Wildman–Crippen LogP) is 2.79. The summed E-state index contributed by atoms with van der Waals surface area (Å²) in [6.07, 6.45) is 3.35. The van der Waals surface area contributed by atoms with Crippen molar-refractivity contribution in [3.05, 3.63) is 100 Å². The molecule has 3 aromatic carbocycles. The molecule has 6 N–H and O–H groups in total. The quantitative estimate of drug-likeness (QED) is 0.234. The number of fused-ring (bicyclic) bond motifs is 3. The molecular formula is C34H39ClN6O5S. The van der Waals surface area contributed by atoms with Crippen LogP contribution < -0.4 is 16.2 Å². The first-order valence-electron chi connectivity index (χ1n) is 15.3. The number of para-hydroxylation sites is 1. The number of carbonyl (C=O) groups is 3. The summed E-state index contributed by atoms with van der Waals surface area (Å²) in [6, 6.07) is 17.4. The van der Waals surface area contributed by atoms with Gasteiger partial charge in [-0.2, -0.15) is 0 Å². The van der Waals surface area contributed by atoms with E-state index in [-0.39, 0.29) is 29.1 Å². The molecular weight excluding hydrogens is 640 g/mol. The summed E-state index contributed by atoms with van der Waals surface area (Å²) in [5.41, 5.74) is 11.0. The van der Waals surface area contributed by atoms with Crippen LogP contribution in [-0.4, -0.2) is 65.6 Å². The van der Waals surface area contributed by atoms with Crippen molar-refractivity contribution in [2.45, 2.75) is 62.7 Å². The standard InChI is InChI=1S/C34H38N6O5S.ClH/c1-34(2,35)33(43)38-30(17-25-18-37-29-6-4-3-5-28(25)29)32(42)40-14-12-22-15-23(7-8-24(22)19-40)31(41)39-13-11-21-9-10-27(46(36,44)45)16-26(21)20-39;/h3-10,15-16,18,30,37H,11-14,17,19-20,35H2,1-2H3,(H,38,43)(H2,36,44,45);1H/t30-;/m1./s1. The Morgan fingerprint density at radius 1 is 0.915 bits per heavy atom. The van der Waals surface area contributed by atoms with Gasteiger partial charge >= 0.3 is 0 Å². The van der Waals surface area contributed by atoms with E-state index in [1.54, 1.807) is 41.8 Å². The summed E-state index contributed by atoms with van der Waals surface area (Å²) >= 11 is 0. The summed E-state index contributed by atoms with van der Waals surface area (Å²) in [4.78, 5) is 47.1. The third-order valence-electron chi connectivity index (χ3n) is 8.87. The molecule has 3 amide bonds. The summed E-state index contributed by atoms with van der Waals surface area (Å²) in [7, 11) is -3.85. The molecule has 47 heavy (non-hydrogen) atoms. The molecule has 0 radical (unpaired) electrons. The molecule has 0 saturated carbocycles. The SMILES string of the molecule is CC(C)(N)C(=O)N[C@H](Cc1c[nH]c2ccccc12)C(=O)N1CCc2cc(C(=O)N3CCc4ccc(S(N)(=O)=O)cc4C3)ccc2C1.Cl. The van der Waals surface area contributed by atoms with E-state index in [0.29, 0.717) is 51.0 Å².